The highest BCUT2D eigenvalue weighted by atomic mass is 35.5. The molecule has 1 aromatic carbocycles. The highest BCUT2D eigenvalue weighted by Gasteiger charge is 2.21. The highest BCUT2D eigenvalue weighted by molar-refractivity contribution is 6.30. The Bertz CT molecular complexity index is 756. The van der Waals surface area contributed by atoms with Crippen molar-refractivity contribution in [2.24, 2.45) is 0 Å². The summed E-state index contributed by atoms with van der Waals surface area (Å²) in [6.07, 6.45) is 0. The van der Waals surface area contributed by atoms with E-state index in [1.807, 2.05) is 32.0 Å². The molecule has 0 bridgehead atoms. The minimum Gasteiger partial charge on any atom is -0.353 e. The lowest BCUT2D eigenvalue weighted by molar-refractivity contribution is 0.249. The number of aryl methyl sites for hydroxylation is 2. The van der Waals surface area contributed by atoms with Crippen molar-refractivity contribution in [3.8, 4) is 6.07 Å². The second kappa shape index (κ2) is 7.21. The second-order valence-corrected chi connectivity index (χ2v) is 6.72. The average Bonchev–Trinajstić information content (AvgIpc) is 2.57. The number of rotatable bonds is 3. The fourth-order valence-corrected chi connectivity index (χ4v) is 3.28. The second-order valence-electron chi connectivity index (χ2n) is 6.28. The first-order valence-corrected chi connectivity index (χ1v) is 8.54. The molecule has 0 spiro atoms. The van der Waals surface area contributed by atoms with Crippen molar-refractivity contribution >= 4 is 17.4 Å². The number of halogens is 1. The zero-order valence-electron chi connectivity index (χ0n) is 14.1. The maximum absolute atomic E-state index is 9.45. The number of pyridine rings is 1. The molecule has 5 heteroatoms. The number of nitriles is 1. The summed E-state index contributed by atoms with van der Waals surface area (Å²) in [6, 6.07) is 12.3. The molecule has 2 heterocycles. The molecule has 4 nitrogen and oxygen atoms in total. The molecular formula is C19H21ClN4. The summed E-state index contributed by atoms with van der Waals surface area (Å²) in [5, 5.41) is 10.2. The van der Waals surface area contributed by atoms with Crippen LogP contribution in [-0.2, 0) is 6.54 Å². The fourth-order valence-electron chi connectivity index (χ4n) is 3.15. The largest absolute Gasteiger partial charge is 0.353 e. The minimum atomic E-state index is 0.701. The summed E-state index contributed by atoms with van der Waals surface area (Å²) in [4.78, 5) is 9.28. The number of aromatic nitrogens is 1. The van der Waals surface area contributed by atoms with Gasteiger partial charge in [-0.2, -0.15) is 5.26 Å². The predicted octanol–water partition coefficient (Wildman–Crippen LogP) is 3.55. The summed E-state index contributed by atoms with van der Waals surface area (Å²) in [6.45, 7) is 8.58. The Labute approximate surface area is 148 Å². The van der Waals surface area contributed by atoms with Crippen molar-refractivity contribution in [2.45, 2.75) is 20.4 Å². The highest BCUT2D eigenvalue weighted by Crippen LogP contribution is 2.23. The smallest absolute Gasteiger partial charge is 0.147 e. The van der Waals surface area contributed by atoms with E-state index in [1.165, 1.54) is 5.56 Å². The lowest BCUT2D eigenvalue weighted by Crippen LogP contribution is -2.46. The Balaban J connectivity index is 1.67. The van der Waals surface area contributed by atoms with Gasteiger partial charge in [-0.15, -0.1) is 0 Å². The van der Waals surface area contributed by atoms with Crippen LogP contribution in [0.3, 0.4) is 0 Å². The number of benzene rings is 1. The van der Waals surface area contributed by atoms with Crippen LogP contribution in [-0.4, -0.2) is 36.1 Å². The number of hydrogen-bond donors (Lipinski definition) is 0. The molecule has 1 fully saturated rings. The van der Waals surface area contributed by atoms with Crippen LogP contribution in [0.2, 0.25) is 5.02 Å². The molecule has 1 aliphatic heterocycles. The first-order chi connectivity index (χ1) is 11.6. The molecule has 1 aromatic heterocycles. The Morgan fingerprint density at radius 1 is 1.12 bits per heavy atom. The molecule has 0 radical (unpaired) electrons. The third-order valence-electron chi connectivity index (χ3n) is 4.43. The molecule has 0 N–H and O–H groups in total. The molecule has 0 unspecified atom stereocenters. The first kappa shape index (κ1) is 16.8. The Hall–Kier alpha value is -2.09. The lowest BCUT2D eigenvalue weighted by Gasteiger charge is -2.36. The van der Waals surface area contributed by atoms with Gasteiger partial charge in [0.05, 0.1) is 5.56 Å². The zero-order valence-corrected chi connectivity index (χ0v) is 14.8. The van der Waals surface area contributed by atoms with Crippen molar-refractivity contribution in [2.75, 3.05) is 31.1 Å². The van der Waals surface area contributed by atoms with Gasteiger partial charge in [0.1, 0.15) is 11.9 Å². The lowest BCUT2D eigenvalue weighted by atomic mass is 10.1. The van der Waals surface area contributed by atoms with Gasteiger partial charge in [0.15, 0.2) is 0 Å². The van der Waals surface area contributed by atoms with Crippen LogP contribution in [0.1, 0.15) is 22.4 Å². The van der Waals surface area contributed by atoms with Crippen LogP contribution in [0.4, 0.5) is 5.82 Å². The van der Waals surface area contributed by atoms with Gasteiger partial charge >= 0.3 is 0 Å². The average molecular weight is 341 g/mol. The fraction of sp³-hybridized carbons (Fsp3) is 0.368. The normalized spacial score (nSPS) is 15.3. The van der Waals surface area contributed by atoms with E-state index in [9.17, 15) is 5.26 Å². The first-order valence-electron chi connectivity index (χ1n) is 8.17. The van der Waals surface area contributed by atoms with Gasteiger partial charge in [0, 0.05) is 43.4 Å². The molecule has 0 atom stereocenters. The van der Waals surface area contributed by atoms with Crippen LogP contribution in [0, 0.1) is 25.2 Å². The Morgan fingerprint density at radius 3 is 2.42 bits per heavy atom. The number of hydrogen-bond acceptors (Lipinski definition) is 4. The molecular weight excluding hydrogens is 320 g/mol. The van der Waals surface area contributed by atoms with Crippen LogP contribution < -0.4 is 4.90 Å². The molecule has 24 heavy (non-hydrogen) atoms. The molecule has 124 valence electrons. The molecule has 0 amide bonds. The summed E-state index contributed by atoms with van der Waals surface area (Å²) in [5.74, 6) is 0.834. The van der Waals surface area contributed by atoms with Crippen molar-refractivity contribution in [3.63, 3.8) is 0 Å². The van der Waals surface area contributed by atoms with Gasteiger partial charge in [0.25, 0.3) is 0 Å². The van der Waals surface area contributed by atoms with E-state index in [2.05, 4.69) is 33.0 Å². The maximum atomic E-state index is 9.45. The summed E-state index contributed by atoms with van der Waals surface area (Å²) in [7, 11) is 0. The quantitative estimate of drug-likeness (QED) is 0.857. The van der Waals surface area contributed by atoms with E-state index >= 15 is 0 Å². The predicted molar refractivity (Wildman–Crippen MR) is 97.4 cm³/mol. The molecule has 1 saturated heterocycles. The zero-order chi connectivity index (χ0) is 17.1. The Morgan fingerprint density at radius 2 is 1.79 bits per heavy atom. The van der Waals surface area contributed by atoms with E-state index in [1.54, 1.807) is 0 Å². The Kier molecular flexibility index (Phi) is 5.03. The van der Waals surface area contributed by atoms with E-state index < -0.39 is 0 Å². The third kappa shape index (κ3) is 3.69. The van der Waals surface area contributed by atoms with Crippen molar-refractivity contribution in [1.82, 2.24) is 9.88 Å². The molecule has 2 aromatic rings. The van der Waals surface area contributed by atoms with Gasteiger partial charge in [-0.25, -0.2) is 4.98 Å². The van der Waals surface area contributed by atoms with Gasteiger partial charge in [0.2, 0.25) is 0 Å². The van der Waals surface area contributed by atoms with Gasteiger partial charge < -0.3 is 4.90 Å². The molecule has 0 aliphatic carbocycles. The van der Waals surface area contributed by atoms with Gasteiger partial charge in [-0.1, -0.05) is 23.7 Å². The number of piperazine rings is 1. The van der Waals surface area contributed by atoms with E-state index in [0.717, 1.165) is 54.8 Å². The summed E-state index contributed by atoms with van der Waals surface area (Å²) < 4.78 is 0. The molecule has 0 saturated carbocycles. The van der Waals surface area contributed by atoms with E-state index in [0.29, 0.717) is 5.56 Å². The number of anilines is 1. The standard InChI is InChI=1S/C19H21ClN4/c1-14-11-15(2)22-19(18(14)12-21)24-9-7-23(8-10-24)13-16-3-5-17(20)6-4-16/h3-6,11H,7-10,13H2,1-2H3. The van der Waals surface area contributed by atoms with Crippen LogP contribution in [0.15, 0.2) is 30.3 Å². The maximum Gasteiger partial charge on any atom is 0.147 e. The topological polar surface area (TPSA) is 43.2 Å². The molecule has 3 rings (SSSR count). The van der Waals surface area contributed by atoms with Crippen LogP contribution in [0.5, 0.6) is 0 Å². The van der Waals surface area contributed by atoms with Crippen LogP contribution >= 0.6 is 11.6 Å². The SMILES string of the molecule is Cc1cc(C)c(C#N)c(N2CCN(Cc3ccc(Cl)cc3)CC2)n1. The van der Waals surface area contributed by atoms with E-state index in [-0.39, 0.29) is 0 Å². The van der Waals surface area contributed by atoms with Crippen molar-refractivity contribution in [3.05, 3.63) is 57.7 Å². The van der Waals surface area contributed by atoms with Gasteiger partial charge in [-0.05, 0) is 43.2 Å². The summed E-state index contributed by atoms with van der Waals surface area (Å²) in [5.41, 5.74) is 3.94. The van der Waals surface area contributed by atoms with Crippen molar-refractivity contribution < 1.29 is 0 Å². The monoisotopic (exact) mass is 340 g/mol. The third-order valence-corrected chi connectivity index (χ3v) is 4.68. The molecule has 1 aliphatic rings. The van der Waals surface area contributed by atoms with Gasteiger partial charge in [-0.3, -0.25) is 4.90 Å². The number of nitrogens with zero attached hydrogens (tertiary/aromatic N) is 4. The van der Waals surface area contributed by atoms with Crippen LogP contribution in [0.25, 0.3) is 0 Å². The van der Waals surface area contributed by atoms with E-state index in [4.69, 9.17) is 11.6 Å². The summed E-state index contributed by atoms with van der Waals surface area (Å²) >= 11 is 5.94. The van der Waals surface area contributed by atoms with Crippen molar-refractivity contribution in [1.29, 1.82) is 5.26 Å². The minimum absolute atomic E-state index is 0.701.